The van der Waals surface area contributed by atoms with Crippen molar-refractivity contribution in [3.8, 4) is 0 Å². The molecule has 0 spiro atoms. The topological polar surface area (TPSA) is 0 Å². The quantitative estimate of drug-likeness (QED) is 0.489. The SMILES string of the molecule is [BH]c1cccc(C)c1.[CH2-]CC.[CH2-]CC.[Ni+2]. The number of benzene rings is 1. The Balaban J connectivity index is -0.000000177. The van der Waals surface area contributed by atoms with Crippen LogP contribution in [-0.4, -0.2) is 7.85 Å². The number of hydrogen-bond acceptors (Lipinski definition) is 0. The third kappa shape index (κ3) is 20.0. The molecule has 1 radical (unpaired) electrons. The normalized spacial score (nSPS) is 7.27. The van der Waals surface area contributed by atoms with Crippen molar-refractivity contribution in [2.75, 3.05) is 0 Å². The van der Waals surface area contributed by atoms with E-state index < -0.39 is 0 Å². The van der Waals surface area contributed by atoms with Crippen LogP contribution in [0.4, 0.5) is 0 Å². The minimum Gasteiger partial charge on any atom is -0.344 e. The first-order valence-electron chi connectivity index (χ1n) is 5.09. The number of hydrogen-bond donors (Lipinski definition) is 0. The summed E-state index contributed by atoms with van der Waals surface area (Å²) >= 11 is 0. The minimum atomic E-state index is 0. The molecular weight excluding hydrogens is 226 g/mol. The van der Waals surface area contributed by atoms with E-state index in [9.17, 15) is 0 Å². The van der Waals surface area contributed by atoms with E-state index in [-0.39, 0.29) is 16.5 Å². The molecule has 0 aliphatic rings. The fourth-order valence-electron chi connectivity index (χ4n) is 0.712. The van der Waals surface area contributed by atoms with Crippen LogP contribution in [0.5, 0.6) is 0 Å². The Hall–Kier alpha value is -0.222. The van der Waals surface area contributed by atoms with E-state index in [1.165, 1.54) is 5.56 Å². The molecule has 0 fully saturated rings. The third-order valence-corrected chi connectivity index (χ3v) is 1.08. The summed E-state index contributed by atoms with van der Waals surface area (Å²) in [4.78, 5) is 0. The molecule has 2 heteroatoms. The van der Waals surface area contributed by atoms with Crippen LogP contribution < -0.4 is 5.46 Å². The molecule has 0 aliphatic carbocycles. The first-order valence-corrected chi connectivity index (χ1v) is 5.09. The largest absolute Gasteiger partial charge is 2.00 e. The second-order valence-corrected chi connectivity index (χ2v) is 2.99. The van der Waals surface area contributed by atoms with Crippen molar-refractivity contribution in [2.45, 2.75) is 33.6 Å². The Labute approximate surface area is 107 Å². The van der Waals surface area contributed by atoms with Gasteiger partial charge in [-0.3, -0.25) is 0 Å². The van der Waals surface area contributed by atoms with Crippen LogP contribution in [0.2, 0.25) is 0 Å². The fourth-order valence-corrected chi connectivity index (χ4v) is 0.712. The van der Waals surface area contributed by atoms with Gasteiger partial charge in [0.25, 0.3) is 0 Å². The molecule has 0 aromatic heterocycles. The Morgan fingerprint density at radius 3 is 1.73 bits per heavy atom. The summed E-state index contributed by atoms with van der Waals surface area (Å²) in [5.41, 5.74) is 2.36. The zero-order chi connectivity index (χ0) is 11.4. The van der Waals surface area contributed by atoms with Gasteiger partial charge in [-0.1, -0.05) is 49.1 Å². The van der Waals surface area contributed by atoms with Crippen LogP contribution in [0.1, 0.15) is 32.3 Å². The second-order valence-electron chi connectivity index (χ2n) is 2.99. The average molecular weight is 248 g/mol. The van der Waals surface area contributed by atoms with Crippen molar-refractivity contribution >= 4 is 13.3 Å². The van der Waals surface area contributed by atoms with E-state index in [0.29, 0.717) is 0 Å². The standard InChI is InChI=1S/C7H8B.2C3H7.Ni/c1-6-3-2-4-7(8)5-6;2*1-3-2;/h2-5,8H,1H3;2*1,3H2,2H3;/q;2*-1;+2. The van der Waals surface area contributed by atoms with E-state index in [1.807, 2.05) is 26.0 Å². The van der Waals surface area contributed by atoms with Gasteiger partial charge >= 0.3 is 16.5 Å². The molecule has 1 aromatic carbocycles. The van der Waals surface area contributed by atoms with Gasteiger partial charge in [0.2, 0.25) is 0 Å². The van der Waals surface area contributed by atoms with E-state index in [0.717, 1.165) is 18.3 Å². The van der Waals surface area contributed by atoms with Crippen LogP contribution in [0.15, 0.2) is 24.3 Å². The van der Waals surface area contributed by atoms with Gasteiger partial charge in [-0.05, 0) is 6.92 Å². The first kappa shape index (κ1) is 20.2. The molecule has 1 aromatic rings. The smallest absolute Gasteiger partial charge is 0.344 e. The van der Waals surface area contributed by atoms with Crippen LogP contribution in [0, 0.1) is 20.8 Å². The molecule has 0 bridgehead atoms. The van der Waals surface area contributed by atoms with Gasteiger partial charge < -0.3 is 13.8 Å². The fraction of sp³-hybridized carbons (Fsp3) is 0.385. The van der Waals surface area contributed by atoms with Gasteiger partial charge in [0.15, 0.2) is 0 Å². The summed E-state index contributed by atoms with van der Waals surface area (Å²) in [5.74, 6) is 0. The summed E-state index contributed by atoms with van der Waals surface area (Å²) in [7, 11) is 3.78. The molecule has 15 heavy (non-hydrogen) atoms. The molecule has 87 valence electrons. The number of aryl methyl sites for hydroxylation is 1. The van der Waals surface area contributed by atoms with Crippen LogP contribution in [0.25, 0.3) is 0 Å². The maximum absolute atomic E-state index is 3.78. The van der Waals surface area contributed by atoms with E-state index in [2.05, 4.69) is 40.8 Å². The maximum Gasteiger partial charge on any atom is 2.00 e. The van der Waals surface area contributed by atoms with Crippen molar-refractivity contribution in [3.05, 3.63) is 43.7 Å². The van der Waals surface area contributed by atoms with Gasteiger partial charge in [0, 0.05) is 0 Å². The zero-order valence-electron chi connectivity index (χ0n) is 10.2. The molecule has 0 saturated carbocycles. The minimum absolute atomic E-state index is 0. The zero-order valence-corrected chi connectivity index (χ0v) is 11.1. The summed E-state index contributed by atoms with van der Waals surface area (Å²) in [5, 5.41) is 0. The van der Waals surface area contributed by atoms with Crippen molar-refractivity contribution in [1.82, 2.24) is 0 Å². The molecule has 0 N–H and O–H groups in total. The monoisotopic (exact) mass is 247 g/mol. The van der Waals surface area contributed by atoms with Gasteiger partial charge in [-0.15, -0.1) is 0 Å². The average Bonchev–Trinajstić information content (AvgIpc) is 2.06. The molecule has 0 saturated heterocycles. The van der Waals surface area contributed by atoms with Gasteiger partial charge in [0.05, 0.1) is 0 Å². The van der Waals surface area contributed by atoms with Gasteiger partial charge in [-0.2, -0.15) is 12.8 Å². The van der Waals surface area contributed by atoms with Gasteiger partial charge in [-0.25, -0.2) is 0 Å². The Bertz CT molecular complexity index is 192. The molecule has 0 nitrogen and oxygen atoms in total. The van der Waals surface area contributed by atoms with Crippen molar-refractivity contribution in [2.24, 2.45) is 0 Å². The van der Waals surface area contributed by atoms with Gasteiger partial charge in [0.1, 0.15) is 7.85 Å². The van der Waals surface area contributed by atoms with E-state index >= 15 is 0 Å². The molecule has 1 rings (SSSR count). The van der Waals surface area contributed by atoms with Crippen molar-refractivity contribution in [3.63, 3.8) is 0 Å². The molecule has 0 aliphatic heterocycles. The maximum atomic E-state index is 3.78. The number of rotatable bonds is 0. The Morgan fingerprint density at radius 1 is 1.13 bits per heavy atom. The molecule has 0 heterocycles. The van der Waals surface area contributed by atoms with Crippen molar-refractivity contribution in [1.29, 1.82) is 0 Å². The van der Waals surface area contributed by atoms with Crippen LogP contribution in [0.3, 0.4) is 0 Å². The first-order chi connectivity index (χ1) is 6.62. The van der Waals surface area contributed by atoms with Crippen molar-refractivity contribution < 1.29 is 16.5 Å². The predicted molar refractivity (Wildman–Crippen MR) is 69.3 cm³/mol. The Kier molecular flexibility index (Phi) is 21.9. The summed E-state index contributed by atoms with van der Waals surface area (Å²) in [6, 6.07) is 8.12. The van der Waals surface area contributed by atoms with E-state index in [1.54, 1.807) is 0 Å². The van der Waals surface area contributed by atoms with E-state index in [4.69, 9.17) is 0 Å². The Morgan fingerprint density at radius 2 is 1.53 bits per heavy atom. The molecule has 0 amide bonds. The summed E-state index contributed by atoms with van der Waals surface area (Å²) in [6.07, 6.45) is 2.00. The van der Waals surface area contributed by atoms with Crippen LogP contribution in [-0.2, 0) is 16.5 Å². The molecule has 0 atom stereocenters. The predicted octanol–water partition coefficient (Wildman–Crippen LogP) is 2.98. The van der Waals surface area contributed by atoms with Crippen LogP contribution >= 0.6 is 0 Å². The molecular formula is C13H22BNi. The summed E-state index contributed by atoms with van der Waals surface area (Å²) < 4.78 is 0. The third-order valence-electron chi connectivity index (χ3n) is 1.08. The summed E-state index contributed by atoms with van der Waals surface area (Å²) in [6.45, 7) is 13.1. The molecule has 0 unspecified atom stereocenters. The second kappa shape index (κ2) is 16.2.